The fourth-order valence-electron chi connectivity index (χ4n) is 2.39. The van der Waals surface area contributed by atoms with Crippen LogP contribution < -0.4 is 15.4 Å². The molecule has 0 aliphatic carbocycles. The third-order valence-electron chi connectivity index (χ3n) is 4.14. The van der Waals surface area contributed by atoms with Gasteiger partial charge in [-0.15, -0.1) is 24.0 Å². The molecule has 26 heavy (non-hydrogen) atoms. The van der Waals surface area contributed by atoms with Crippen molar-refractivity contribution in [3.63, 3.8) is 0 Å². The zero-order chi connectivity index (χ0) is 18.5. The first-order valence-electron chi connectivity index (χ1n) is 9.51. The first-order valence-corrected chi connectivity index (χ1v) is 9.51. The van der Waals surface area contributed by atoms with E-state index in [1.54, 1.807) is 0 Å². The van der Waals surface area contributed by atoms with Crippen LogP contribution in [0.2, 0.25) is 0 Å². The fourth-order valence-corrected chi connectivity index (χ4v) is 2.39. The summed E-state index contributed by atoms with van der Waals surface area (Å²) in [6.45, 7) is 12.8. The third-order valence-corrected chi connectivity index (χ3v) is 4.14. The van der Waals surface area contributed by atoms with Crippen molar-refractivity contribution >= 4 is 29.9 Å². The van der Waals surface area contributed by atoms with Gasteiger partial charge >= 0.3 is 0 Å². The smallest absolute Gasteiger partial charge is 0.191 e. The molecule has 0 radical (unpaired) electrons. The van der Waals surface area contributed by atoms with Crippen LogP contribution in [0.25, 0.3) is 0 Å². The van der Waals surface area contributed by atoms with Crippen molar-refractivity contribution in [2.45, 2.75) is 53.1 Å². The Morgan fingerprint density at radius 3 is 2.54 bits per heavy atom. The Labute approximate surface area is 177 Å². The Bertz CT molecular complexity index is 508. The van der Waals surface area contributed by atoms with Gasteiger partial charge in [-0.25, -0.2) is 4.99 Å². The van der Waals surface area contributed by atoms with Gasteiger partial charge in [0.25, 0.3) is 0 Å². The van der Waals surface area contributed by atoms with Gasteiger partial charge in [-0.1, -0.05) is 18.2 Å². The summed E-state index contributed by atoms with van der Waals surface area (Å²) >= 11 is 0. The van der Waals surface area contributed by atoms with Crippen LogP contribution in [0.3, 0.4) is 0 Å². The Morgan fingerprint density at radius 1 is 1.15 bits per heavy atom. The Balaban J connectivity index is 0.00000625. The molecule has 6 heteroatoms. The van der Waals surface area contributed by atoms with Crippen molar-refractivity contribution < 1.29 is 4.74 Å². The van der Waals surface area contributed by atoms with E-state index in [0.717, 1.165) is 43.3 Å². The first-order chi connectivity index (χ1) is 12.1. The monoisotopic (exact) mass is 476 g/mol. The first kappa shape index (κ1) is 25.0. The second kappa shape index (κ2) is 15.1. The number of halogens is 1. The summed E-state index contributed by atoms with van der Waals surface area (Å²) in [7, 11) is 2.18. The minimum Gasteiger partial charge on any atom is -0.494 e. The van der Waals surface area contributed by atoms with E-state index in [1.807, 2.05) is 25.1 Å². The molecule has 0 aromatic heterocycles. The van der Waals surface area contributed by atoms with Gasteiger partial charge in [0, 0.05) is 24.7 Å². The largest absolute Gasteiger partial charge is 0.494 e. The maximum absolute atomic E-state index is 5.67. The molecule has 0 fully saturated rings. The highest BCUT2D eigenvalue weighted by atomic mass is 127. The highest BCUT2D eigenvalue weighted by Crippen LogP contribution is 2.18. The molecular formula is C20H37IN4O. The van der Waals surface area contributed by atoms with Crippen molar-refractivity contribution in [2.24, 2.45) is 4.99 Å². The Morgan fingerprint density at radius 2 is 1.88 bits per heavy atom. The van der Waals surface area contributed by atoms with Crippen LogP contribution >= 0.6 is 24.0 Å². The molecule has 150 valence electrons. The van der Waals surface area contributed by atoms with E-state index in [-0.39, 0.29) is 24.0 Å². The highest BCUT2D eigenvalue weighted by Gasteiger charge is 2.04. The number of aliphatic imine (C=N–C) groups is 1. The summed E-state index contributed by atoms with van der Waals surface area (Å²) < 4.78 is 5.67. The van der Waals surface area contributed by atoms with Gasteiger partial charge in [0.15, 0.2) is 5.96 Å². The van der Waals surface area contributed by atoms with Crippen LogP contribution in [0.1, 0.15) is 46.1 Å². The molecule has 0 spiro atoms. The standard InChI is InChI=1S/C20H36N4O.HI/c1-6-21-20(22-14-10-11-15-24(5)17(3)4)23-16-18-12-8-9-13-19(18)25-7-2;/h8-9,12-13,17H,6-7,10-11,14-16H2,1-5H3,(H2,21,22,23);1H. The molecule has 0 aliphatic heterocycles. The number of hydrogen-bond donors (Lipinski definition) is 2. The molecule has 0 bridgehead atoms. The summed E-state index contributed by atoms with van der Waals surface area (Å²) in [5, 5.41) is 6.73. The molecule has 0 heterocycles. The number of unbranched alkanes of at least 4 members (excludes halogenated alkanes) is 1. The van der Waals surface area contributed by atoms with E-state index in [9.17, 15) is 0 Å². The van der Waals surface area contributed by atoms with E-state index in [4.69, 9.17) is 9.73 Å². The van der Waals surface area contributed by atoms with E-state index >= 15 is 0 Å². The average Bonchev–Trinajstić information content (AvgIpc) is 2.60. The minimum atomic E-state index is 0. The quantitative estimate of drug-likeness (QED) is 0.220. The predicted octanol–water partition coefficient (Wildman–Crippen LogP) is 3.88. The van der Waals surface area contributed by atoms with Crippen molar-refractivity contribution in [2.75, 3.05) is 33.3 Å². The lowest BCUT2D eigenvalue weighted by Gasteiger charge is -2.20. The zero-order valence-electron chi connectivity index (χ0n) is 17.0. The number of para-hydroxylation sites is 1. The molecule has 5 nitrogen and oxygen atoms in total. The number of ether oxygens (including phenoxy) is 1. The summed E-state index contributed by atoms with van der Waals surface area (Å²) in [5.41, 5.74) is 1.11. The van der Waals surface area contributed by atoms with Crippen LogP contribution in [0.4, 0.5) is 0 Å². The topological polar surface area (TPSA) is 48.9 Å². The van der Waals surface area contributed by atoms with Gasteiger partial charge in [-0.3, -0.25) is 0 Å². The van der Waals surface area contributed by atoms with Gasteiger partial charge in [-0.2, -0.15) is 0 Å². The highest BCUT2D eigenvalue weighted by molar-refractivity contribution is 14.0. The minimum absolute atomic E-state index is 0. The number of rotatable bonds is 11. The lowest BCUT2D eigenvalue weighted by molar-refractivity contribution is 0.268. The molecule has 0 unspecified atom stereocenters. The molecule has 0 atom stereocenters. The number of nitrogens with one attached hydrogen (secondary N) is 2. The molecule has 1 aromatic carbocycles. The van der Waals surface area contributed by atoms with Crippen molar-refractivity contribution in [3.05, 3.63) is 29.8 Å². The van der Waals surface area contributed by atoms with Gasteiger partial charge in [0.05, 0.1) is 13.2 Å². The van der Waals surface area contributed by atoms with Crippen molar-refractivity contribution in [1.29, 1.82) is 0 Å². The third kappa shape index (κ3) is 10.2. The fraction of sp³-hybridized carbons (Fsp3) is 0.650. The van der Waals surface area contributed by atoms with Crippen LogP contribution in [0.15, 0.2) is 29.3 Å². The SMILES string of the molecule is CCNC(=NCc1ccccc1OCC)NCCCCN(C)C(C)C.I. The lowest BCUT2D eigenvalue weighted by Crippen LogP contribution is -2.38. The van der Waals surface area contributed by atoms with Crippen LogP contribution in [-0.4, -0.2) is 50.2 Å². The molecule has 0 saturated carbocycles. The molecule has 0 saturated heterocycles. The summed E-state index contributed by atoms with van der Waals surface area (Å²) in [4.78, 5) is 7.07. The van der Waals surface area contributed by atoms with Gasteiger partial charge < -0.3 is 20.3 Å². The normalized spacial score (nSPS) is 11.4. The van der Waals surface area contributed by atoms with Crippen LogP contribution in [-0.2, 0) is 6.54 Å². The van der Waals surface area contributed by atoms with Gasteiger partial charge in [0.2, 0.25) is 0 Å². The molecule has 0 amide bonds. The second-order valence-corrected chi connectivity index (χ2v) is 6.44. The van der Waals surface area contributed by atoms with Crippen LogP contribution in [0.5, 0.6) is 5.75 Å². The average molecular weight is 476 g/mol. The van der Waals surface area contributed by atoms with E-state index in [2.05, 4.69) is 49.4 Å². The Hall–Kier alpha value is -1.02. The van der Waals surface area contributed by atoms with Crippen LogP contribution in [0, 0.1) is 0 Å². The van der Waals surface area contributed by atoms with Gasteiger partial charge in [0.1, 0.15) is 5.75 Å². The molecular weight excluding hydrogens is 439 g/mol. The van der Waals surface area contributed by atoms with E-state index < -0.39 is 0 Å². The predicted molar refractivity (Wildman–Crippen MR) is 123 cm³/mol. The lowest BCUT2D eigenvalue weighted by atomic mass is 10.2. The summed E-state index contributed by atoms with van der Waals surface area (Å²) in [5.74, 6) is 1.78. The maximum Gasteiger partial charge on any atom is 0.191 e. The molecule has 0 aliphatic rings. The summed E-state index contributed by atoms with van der Waals surface area (Å²) in [6, 6.07) is 8.70. The molecule has 2 N–H and O–H groups in total. The number of benzene rings is 1. The number of guanidine groups is 1. The zero-order valence-corrected chi connectivity index (χ0v) is 19.4. The van der Waals surface area contributed by atoms with Crippen molar-refractivity contribution in [3.8, 4) is 5.75 Å². The molecule has 1 aromatic rings. The van der Waals surface area contributed by atoms with Gasteiger partial charge in [-0.05, 0) is 60.2 Å². The summed E-state index contributed by atoms with van der Waals surface area (Å²) in [6.07, 6.45) is 2.32. The molecule has 1 rings (SSSR count). The second-order valence-electron chi connectivity index (χ2n) is 6.44. The Kier molecular flexibility index (Phi) is 14.5. The maximum atomic E-state index is 5.67. The van der Waals surface area contributed by atoms with E-state index in [1.165, 1.54) is 6.42 Å². The van der Waals surface area contributed by atoms with Crippen molar-refractivity contribution in [1.82, 2.24) is 15.5 Å². The van der Waals surface area contributed by atoms with E-state index in [0.29, 0.717) is 19.2 Å². The number of nitrogens with zero attached hydrogens (tertiary/aromatic N) is 2. The number of hydrogen-bond acceptors (Lipinski definition) is 3.